The van der Waals surface area contributed by atoms with Gasteiger partial charge >= 0.3 is 0 Å². The van der Waals surface area contributed by atoms with Gasteiger partial charge in [-0.1, -0.05) is 6.07 Å². The Bertz CT molecular complexity index is 965. The number of nitrogens with one attached hydrogen (secondary N) is 3. The number of anilines is 1. The normalized spacial score (nSPS) is 18.0. The molecule has 0 spiro atoms. The molecule has 1 heterocycles. The van der Waals surface area contributed by atoms with E-state index in [1.165, 1.54) is 11.8 Å². The molecule has 3 unspecified atom stereocenters. The Morgan fingerprint density at radius 3 is 2.54 bits per heavy atom. The first-order valence-corrected chi connectivity index (χ1v) is 12.5. The molecule has 0 bridgehead atoms. The van der Waals surface area contributed by atoms with E-state index in [9.17, 15) is 37.2 Å². The van der Waals surface area contributed by atoms with Crippen LogP contribution in [-0.4, -0.2) is 78.9 Å². The number of rotatable bonds is 15. The predicted molar refractivity (Wildman–Crippen MR) is 129 cm³/mol. The molecule has 3 amide bonds. The third-order valence-electron chi connectivity index (χ3n) is 5.30. The summed E-state index contributed by atoms with van der Waals surface area (Å²) < 4.78 is 54.3. The first-order chi connectivity index (χ1) is 17.6. The van der Waals surface area contributed by atoms with Crippen molar-refractivity contribution in [1.82, 2.24) is 15.5 Å². The molecule has 9 nitrogen and oxygen atoms in total. The maximum Gasteiger partial charge on any atom is 0.258 e. The van der Waals surface area contributed by atoms with Crippen LogP contribution in [-0.2, 0) is 14.4 Å². The summed E-state index contributed by atoms with van der Waals surface area (Å²) in [4.78, 5) is 38.0. The van der Waals surface area contributed by atoms with Gasteiger partial charge in [0.1, 0.15) is 11.7 Å². The molecule has 204 valence electrons. The Hall–Kier alpha value is -3.21. The van der Waals surface area contributed by atoms with E-state index >= 15 is 0 Å². The van der Waals surface area contributed by atoms with Crippen LogP contribution in [0.5, 0.6) is 5.75 Å². The second-order valence-electron chi connectivity index (χ2n) is 7.98. The van der Waals surface area contributed by atoms with E-state index in [0.29, 0.717) is 30.9 Å². The minimum absolute atomic E-state index is 0.0318. The second kappa shape index (κ2) is 15.1. The van der Waals surface area contributed by atoms with Crippen molar-refractivity contribution in [3.63, 3.8) is 0 Å². The van der Waals surface area contributed by atoms with Gasteiger partial charge in [-0.25, -0.2) is 17.6 Å². The minimum Gasteiger partial charge on any atom is -0.484 e. The summed E-state index contributed by atoms with van der Waals surface area (Å²) in [5.41, 5.74) is 0.657. The highest BCUT2D eigenvalue weighted by Crippen LogP contribution is 2.37. The highest BCUT2D eigenvalue weighted by molar-refractivity contribution is 8.01. The SMILES string of the molecule is CCN1C(=O)C(CCNc2cccc(OCC(=O)NCC(F)F)c2)SC1CC(C#N)C(=O)NCC(F)F. The molecule has 0 radical (unpaired) electrons. The van der Waals surface area contributed by atoms with Crippen LogP contribution >= 0.6 is 11.8 Å². The average Bonchev–Trinajstić information content (AvgIpc) is 3.17. The lowest BCUT2D eigenvalue weighted by molar-refractivity contribution is -0.131. The van der Waals surface area contributed by atoms with Gasteiger partial charge in [0.15, 0.2) is 6.61 Å². The molecular weight excluding hydrogens is 518 g/mol. The van der Waals surface area contributed by atoms with Crippen molar-refractivity contribution in [2.45, 2.75) is 43.2 Å². The summed E-state index contributed by atoms with van der Waals surface area (Å²) in [6, 6.07) is 8.50. The fraction of sp³-hybridized carbons (Fsp3) is 0.565. The highest BCUT2D eigenvalue weighted by Gasteiger charge is 2.40. The first kappa shape index (κ1) is 30.0. The van der Waals surface area contributed by atoms with Crippen molar-refractivity contribution in [2.24, 2.45) is 5.92 Å². The van der Waals surface area contributed by atoms with E-state index in [0.717, 1.165) is 0 Å². The van der Waals surface area contributed by atoms with Crippen molar-refractivity contribution < 1.29 is 36.7 Å². The Morgan fingerprint density at radius 1 is 1.19 bits per heavy atom. The van der Waals surface area contributed by atoms with Crippen LogP contribution in [0.3, 0.4) is 0 Å². The number of benzene rings is 1. The lowest BCUT2D eigenvalue weighted by Crippen LogP contribution is -2.39. The zero-order chi connectivity index (χ0) is 27.4. The van der Waals surface area contributed by atoms with Crippen molar-refractivity contribution >= 4 is 35.2 Å². The van der Waals surface area contributed by atoms with Gasteiger partial charge in [0, 0.05) is 31.3 Å². The maximum atomic E-state index is 12.8. The number of ether oxygens (including phenoxy) is 1. The van der Waals surface area contributed by atoms with Crippen molar-refractivity contribution in [3.8, 4) is 11.8 Å². The molecule has 3 N–H and O–H groups in total. The van der Waals surface area contributed by atoms with E-state index in [1.54, 1.807) is 36.1 Å². The molecule has 0 saturated carbocycles. The third kappa shape index (κ3) is 9.99. The third-order valence-corrected chi connectivity index (χ3v) is 6.83. The molecule has 37 heavy (non-hydrogen) atoms. The molecular formula is C23H29F4N5O4S. The van der Waals surface area contributed by atoms with Gasteiger partial charge in [0.2, 0.25) is 11.8 Å². The predicted octanol–water partition coefficient (Wildman–Crippen LogP) is 2.45. The van der Waals surface area contributed by atoms with E-state index < -0.39 is 60.9 Å². The Kier molecular flexibility index (Phi) is 12.3. The first-order valence-electron chi connectivity index (χ1n) is 11.6. The van der Waals surface area contributed by atoms with Crippen molar-refractivity contribution in [3.05, 3.63) is 24.3 Å². The quantitative estimate of drug-likeness (QED) is 0.288. The van der Waals surface area contributed by atoms with Crippen LogP contribution in [0.4, 0.5) is 23.2 Å². The summed E-state index contributed by atoms with van der Waals surface area (Å²) in [6.45, 7) is 0.563. The molecule has 2 rings (SSSR count). The largest absolute Gasteiger partial charge is 0.484 e. The number of carbonyl (C=O) groups is 3. The number of nitrogens with zero attached hydrogens (tertiary/aromatic N) is 2. The van der Waals surface area contributed by atoms with Crippen LogP contribution in [0.1, 0.15) is 19.8 Å². The van der Waals surface area contributed by atoms with Crippen LogP contribution in [0.25, 0.3) is 0 Å². The molecule has 1 fully saturated rings. The molecule has 1 aliphatic heterocycles. The number of nitriles is 1. The minimum atomic E-state index is -2.72. The number of carbonyl (C=O) groups excluding carboxylic acids is 3. The number of hydrogen-bond acceptors (Lipinski definition) is 7. The zero-order valence-corrected chi connectivity index (χ0v) is 20.9. The van der Waals surface area contributed by atoms with Gasteiger partial charge in [0.05, 0.1) is 29.8 Å². The Balaban J connectivity index is 1.85. The Morgan fingerprint density at radius 2 is 1.89 bits per heavy atom. The fourth-order valence-electron chi connectivity index (χ4n) is 3.54. The van der Waals surface area contributed by atoms with E-state index in [-0.39, 0.29) is 12.3 Å². The zero-order valence-electron chi connectivity index (χ0n) is 20.1. The Labute approximate surface area is 216 Å². The smallest absolute Gasteiger partial charge is 0.258 e. The summed E-state index contributed by atoms with van der Waals surface area (Å²) in [5, 5.41) is 15.7. The van der Waals surface area contributed by atoms with Crippen molar-refractivity contribution in [1.29, 1.82) is 5.26 Å². The van der Waals surface area contributed by atoms with Gasteiger partial charge in [-0.2, -0.15) is 5.26 Å². The van der Waals surface area contributed by atoms with Crippen LogP contribution in [0.2, 0.25) is 0 Å². The number of hydrogen-bond donors (Lipinski definition) is 3. The van der Waals surface area contributed by atoms with Gasteiger partial charge in [0.25, 0.3) is 18.8 Å². The lowest BCUT2D eigenvalue weighted by atomic mass is 10.1. The molecule has 3 atom stereocenters. The number of thioether (sulfide) groups is 1. The van der Waals surface area contributed by atoms with Crippen LogP contribution in [0.15, 0.2) is 24.3 Å². The van der Waals surface area contributed by atoms with Crippen LogP contribution < -0.4 is 20.7 Å². The fourth-order valence-corrected chi connectivity index (χ4v) is 5.13. The van der Waals surface area contributed by atoms with Gasteiger partial charge in [-0.15, -0.1) is 11.8 Å². The van der Waals surface area contributed by atoms with E-state index in [2.05, 4.69) is 5.32 Å². The van der Waals surface area contributed by atoms with Gasteiger partial charge in [-0.3, -0.25) is 14.4 Å². The van der Waals surface area contributed by atoms with Crippen molar-refractivity contribution in [2.75, 3.05) is 38.1 Å². The number of amides is 3. The molecule has 0 aromatic heterocycles. The van der Waals surface area contributed by atoms with Gasteiger partial charge in [-0.05, 0) is 25.5 Å². The molecule has 1 saturated heterocycles. The highest BCUT2D eigenvalue weighted by atomic mass is 32.2. The number of halogens is 4. The van der Waals surface area contributed by atoms with E-state index in [1.807, 2.05) is 16.7 Å². The van der Waals surface area contributed by atoms with Gasteiger partial charge < -0.3 is 25.6 Å². The maximum absolute atomic E-state index is 12.8. The monoisotopic (exact) mass is 547 g/mol. The summed E-state index contributed by atoms with van der Waals surface area (Å²) in [5.74, 6) is -2.39. The van der Waals surface area contributed by atoms with E-state index in [4.69, 9.17) is 4.74 Å². The molecule has 1 aromatic rings. The molecule has 1 aliphatic rings. The summed E-state index contributed by atoms with van der Waals surface area (Å²) in [6.07, 6.45) is -4.90. The molecule has 14 heteroatoms. The summed E-state index contributed by atoms with van der Waals surface area (Å²) >= 11 is 1.33. The average molecular weight is 548 g/mol. The summed E-state index contributed by atoms with van der Waals surface area (Å²) in [7, 11) is 0. The number of alkyl halides is 4. The lowest BCUT2D eigenvalue weighted by Gasteiger charge is -2.23. The topological polar surface area (TPSA) is 124 Å². The van der Waals surface area contributed by atoms with Crippen LogP contribution in [0, 0.1) is 17.2 Å². The standard InChI is InChI=1S/C23H29F4N5O4S/c1-2-32-21(8-14(10-28)22(34)31-12-19(26)27)37-17(23(32)35)6-7-29-15-4-3-5-16(9-15)36-13-20(33)30-11-18(24)25/h3-5,9,14,17-19,21,29H,2,6-8,11-13H2,1H3,(H,30,33)(H,31,34). The second-order valence-corrected chi connectivity index (χ2v) is 9.37. The molecule has 0 aliphatic carbocycles. The molecule has 1 aromatic carbocycles.